The van der Waals surface area contributed by atoms with Crippen LogP contribution in [0.15, 0.2) is 36.4 Å². The SMILES string of the molecule is CCCc1ccc(C(=O)Oc2cc(F)c(C#N)c(F)c2)cc1. The van der Waals surface area contributed by atoms with Crippen molar-refractivity contribution in [2.24, 2.45) is 0 Å². The number of ether oxygens (including phenoxy) is 1. The van der Waals surface area contributed by atoms with Crippen LogP contribution >= 0.6 is 0 Å². The Morgan fingerprint density at radius 1 is 1.18 bits per heavy atom. The summed E-state index contributed by atoms with van der Waals surface area (Å²) in [4.78, 5) is 11.9. The molecule has 22 heavy (non-hydrogen) atoms. The largest absolute Gasteiger partial charge is 0.423 e. The van der Waals surface area contributed by atoms with Crippen LogP contribution in [-0.2, 0) is 6.42 Å². The quantitative estimate of drug-likeness (QED) is 0.633. The second-order valence-electron chi connectivity index (χ2n) is 4.71. The summed E-state index contributed by atoms with van der Waals surface area (Å²) in [6.45, 7) is 2.05. The molecule has 0 radical (unpaired) electrons. The van der Waals surface area contributed by atoms with E-state index < -0.39 is 23.2 Å². The highest BCUT2D eigenvalue weighted by atomic mass is 19.1. The highest BCUT2D eigenvalue weighted by molar-refractivity contribution is 5.91. The predicted molar refractivity (Wildman–Crippen MR) is 76.5 cm³/mol. The first kappa shape index (κ1) is 15.6. The molecule has 0 saturated heterocycles. The zero-order valence-electron chi connectivity index (χ0n) is 11.9. The number of hydrogen-bond donors (Lipinski definition) is 0. The van der Waals surface area contributed by atoms with Gasteiger partial charge in [0.1, 0.15) is 29.0 Å². The number of esters is 1. The Balaban J connectivity index is 2.17. The van der Waals surface area contributed by atoms with Crippen LogP contribution in [0.2, 0.25) is 0 Å². The first-order valence-corrected chi connectivity index (χ1v) is 6.75. The van der Waals surface area contributed by atoms with Crippen molar-refractivity contribution in [2.45, 2.75) is 19.8 Å². The molecule has 0 saturated carbocycles. The maximum atomic E-state index is 13.4. The molecule has 2 aromatic carbocycles. The van der Waals surface area contributed by atoms with Crippen molar-refractivity contribution >= 4 is 5.97 Å². The molecule has 3 nitrogen and oxygen atoms in total. The van der Waals surface area contributed by atoms with Crippen molar-refractivity contribution in [3.63, 3.8) is 0 Å². The number of hydrogen-bond acceptors (Lipinski definition) is 3. The number of halogens is 2. The minimum absolute atomic E-state index is 0.281. The van der Waals surface area contributed by atoms with E-state index in [2.05, 4.69) is 6.92 Å². The Morgan fingerprint density at radius 2 is 1.77 bits per heavy atom. The van der Waals surface area contributed by atoms with Gasteiger partial charge in [0.15, 0.2) is 0 Å². The number of benzene rings is 2. The normalized spacial score (nSPS) is 10.1. The van der Waals surface area contributed by atoms with Gasteiger partial charge in [0.05, 0.1) is 5.56 Å². The Kier molecular flexibility index (Phi) is 4.84. The van der Waals surface area contributed by atoms with Crippen LogP contribution in [0, 0.1) is 23.0 Å². The third-order valence-corrected chi connectivity index (χ3v) is 3.07. The second kappa shape index (κ2) is 6.81. The molecule has 0 spiro atoms. The highest BCUT2D eigenvalue weighted by Gasteiger charge is 2.14. The van der Waals surface area contributed by atoms with Crippen LogP contribution in [0.5, 0.6) is 5.75 Å². The zero-order valence-corrected chi connectivity index (χ0v) is 11.9. The molecular weight excluding hydrogens is 288 g/mol. The van der Waals surface area contributed by atoms with E-state index in [-0.39, 0.29) is 11.3 Å². The average Bonchev–Trinajstić information content (AvgIpc) is 2.48. The summed E-state index contributed by atoms with van der Waals surface area (Å²) in [5, 5.41) is 8.58. The Hall–Kier alpha value is -2.74. The molecule has 0 heterocycles. The molecule has 0 unspecified atom stereocenters. The van der Waals surface area contributed by atoms with E-state index in [9.17, 15) is 13.6 Å². The smallest absolute Gasteiger partial charge is 0.343 e. The van der Waals surface area contributed by atoms with Crippen molar-refractivity contribution < 1.29 is 18.3 Å². The van der Waals surface area contributed by atoms with Crippen LogP contribution < -0.4 is 4.74 Å². The van der Waals surface area contributed by atoms with Gasteiger partial charge >= 0.3 is 5.97 Å². The molecule has 0 fully saturated rings. The fourth-order valence-corrected chi connectivity index (χ4v) is 1.98. The molecule has 0 aliphatic heterocycles. The first-order valence-electron chi connectivity index (χ1n) is 6.75. The van der Waals surface area contributed by atoms with Gasteiger partial charge < -0.3 is 4.74 Å². The fourth-order valence-electron chi connectivity index (χ4n) is 1.98. The third kappa shape index (κ3) is 3.47. The molecule has 0 aromatic heterocycles. The molecular formula is C17H13F2NO2. The molecule has 0 bridgehead atoms. The maximum absolute atomic E-state index is 13.4. The second-order valence-corrected chi connectivity index (χ2v) is 4.71. The van der Waals surface area contributed by atoms with Crippen LogP contribution in [0.1, 0.15) is 34.8 Å². The van der Waals surface area contributed by atoms with Crippen LogP contribution in [0.3, 0.4) is 0 Å². The molecule has 112 valence electrons. The highest BCUT2D eigenvalue weighted by Crippen LogP contribution is 2.21. The monoisotopic (exact) mass is 301 g/mol. The standard InChI is InChI=1S/C17H13F2NO2/c1-2-3-11-4-6-12(7-5-11)17(21)22-13-8-15(18)14(10-20)16(19)9-13/h4-9H,2-3H2,1H3. The van der Waals surface area contributed by atoms with Gasteiger partial charge in [-0.3, -0.25) is 0 Å². The van der Waals surface area contributed by atoms with Gasteiger partial charge in [-0.15, -0.1) is 0 Å². The molecule has 0 N–H and O–H groups in total. The minimum Gasteiger partial charge on any atom is -0.423 e. The summed E-state index contributed by atoms with van der Waals surface area (Å²) in [6.07, 6.45) is 1.90. The fraction of sp³-hybridized carbons (Fsp3) is 0.176. The van der Waals surface area contributed by atoms with Gasteiger partial charge in [0.2, 0.25) is 0 Å². The number of carbonyl (C=O) groups excluding carboxylic acids is 1. The van der Waals surface area contributed by atoms with E-state index in [0.29, 0.717) is 0 Å². The molecule has 0 aliphatic rings. The lowest BCUT2D eigenvalue weighted by molar-refractivity contribution is 0.0734. The first-order chi connectivity index (χ1) is 10.5. The van der Waals surface area contributed by atoms with Crippen LogP contribution in [-0.4, -0.2) is 5.97 Å². The van der Waals surface area contributed by atoms with Gasteiger partial charge in [-0.2, -0.15) is 5.26 Å². The van der Waals surface area contributed by atoms with Gasteiger partial charge in [-0.05, 0) is 24.1 Å². The van der Waals surface area contributed by atoms with E-state index >= 15 is 0 Å². The molecule has 0 aliphatic carbocycles. The van der Waals surface area contributed by atoms with Crippen molar-refractivity contribution in [1.82, 2.24) is 0 Å². The Labute approximate surface area is 126 Å². The number of rotatable bonds is 4. The molecule has 5 heteroatoms. The van der Waals surface area contributed by atoms with Crippen LogP contribution in [0.25, 0.3) is 0 Å². The van der Waals surface area contributed by atoms with Gasteiger partial charge in [-0.25, -0.2) is 13.6 Å². The number of nitrogens with zero attached hydrogens (tertiary/aromatic N) is 1. The molecule has 0 amide bonds. The summed E-state index contributed by atoms with van der Waals surface area (Å²) < 4.78 is 31.8. The topological polar surface area (TPSA) is 50.1 Å². The van der Waals surface area contributed by atoms with E-state index in [1.54, 1.807) is 24.3 Å². The third-order valence-electron chi connectivity index (χ3n) is 3.07. The Bertz CT molecular complexity index is 710. The number of aryl methyl sites for hydroxylation is 1. The summed E-state index contributed by atoms with van der Waals surface area (Å²) in [6, 6.07) is 9.84. The maximum Gasteiger partial charge on any atom is 0.343 e. The van der Waals surface area contributed by atoms with E-state index in [0.717, 1.165) is 30.5 Å². The van der Waals surface area contributed by atoms with E-state index in [4.69, 9.17) is 10.00 Å². The van der Waals surface area contributed by atoms with Crippen molar-refractivity contribution in [2.75, 3.05) is 0 Å². The molecule has 2 rings (SSSR count). The Morgan fingerprint density at radius 3 is 2.27 bits per heavy atom. The van der Waals surface area contributed by atoms with E-state index in [1.807, 2.05) is 0 Å². The molecule has 2 aromatic rings. The van der Waals surface area contributed by atoms with Crippen molar-refractivity contribution in [3.8, 4) is 11.8 Å². The summed E-state index contributed by atoms with van der Waals surface area (Å²) in [5.41, 5.74) is 0.670. The van der Waals surface area contributed by atoms with Gasteiger partial charge in [0, 0.05) is 12.1 Å². The van der Waals surface area contributed by atoms with Crippen molar-refractivity contribution in [1.29, 1.82) is 5.26 Å². The lowest BCUT2D eigenvalue weighted by Gasteiger charge is -2.06. The summed E-state index contributed by atoms with van der Waals surface area (Å²) in [7, 11) is 0. The summed E-state index contributed by atoms with van der Waals surface area (Å²) in [5.74, 6) is -3.13. The van der Waals surface area contributed by atoms with Crippen LogP contribution in [0.4, 0.5) is 8.78 Å². The predicted octanol–water partition coefficient (Wildman–Crippen LogP) is 4.01. The lowest BCUT2D eigenvalue weighted by Crippen LogP contribution is -2.09. The van der Waals surface area contributed by atoms with Gasteiger partial charge in [0.25, 0.3) is 0 Å². The lowest BCUT2D eigenvalue weighted by atomic mass is 10.1. The number of nitriles is 1. The average molecular weight is 301 g/mol. The number of carbonyl (C=O) groups is 1. The van der Waals surface area contributed by atoms with Gasteiger partial charge in [-0.1, -0.05) is 25.5 Å². The summed E-state index contributed by atoms with van der Waals surface area (Å²) >= 11 is 0. The zero-order chi connectivity index (χ0) is 16.1. The molecule has 0 atom stereocenters. The van der Waals surface area contributed by atoms with E-state index in [1.165, 1.54) is 6.07 Å². The van der Waals surface area contributed by atoms with Crippen molar-refractivity contribution in [3.05, 3.63) is 64.7 Å². The minimum atomic E-state index is -1.07.